The molecule has 152 valence electrons. The molecule has 3 aromatic rings. The van der Waals surface area contributed by atoms with Crippen molar-refractivity contribution in [3.05, 3.63) is 71.2 Å². The molecule has 1 aliphatic heterocycles. The van der Waals surface area contributed by atoms with Crippen LogP contribution in [-0.2, 0) is 0 Å². The Bertz CT molecular complexity index is 1130. The van der Waals surface area contributed by atoms with Gasteiger partial charge in [0.05, 0.1) is 17.3 Å². The molecule has 0 unspecified atom stereocenters. The summed E-state index contributed by atoms with van der Waals surface area (Å²) in [5.74, 6) is -0.640. The minimum Gasteiger partial charge on any atom is -0.336 e. The molecule has 0 saturated carbocycles. The Hall–Kier alpha value is -3.50. The van der Waals surface area contributed by atoms with Crippen LogP contribution in [0.1, 0.15) is 34.5 Å². The van der Waals surface area contributed by atoms with Gasteiger partial charge >= 0.3 is 0 Å². The number of aromatic nitrogens is 2. The van der Waals surface area contributed by atoms with Gasteiger partial charge < -0.3 is 10.6 Å². The molecule has 2 N–H and O–H groups in total. The van der Waals surface area contributed by atoms with Crippen LogP contribution in [0.5, 0.6) is 0 Å². The number of nitriles is 1. The molecule has 1 amide bonds. The van der Waals surface area contributed by atoms with Crippen LogP contribution in [-0.4, -0.2) is 39.7 Å². The summed E-state index contributed by atoms with van der Waals surface area (Å²) in [5.41, 5.74) is 9.14. The van der Waals surface area contributed by atoms with Gasteiger partial charge in [-0.05, 0) is 55.7 Å². The van der Waals surface area contributed by atoms with Crippen molar-refractivity contribution in [1.29, 1.82) is 5.26 Å². The van der Waals surface area contributed by atoms with E-state index in [0.717, 1.165) is 24.0 Å². The molecule has 30 heavy (non-hydrogen) atoms. The Balaban J connectivity index is 1.80. The van der Waals surface area contributed by atoms with Crippen LogP contribution in [0, 0.1) is 24.1 Å². The molecule has 1 atom stereocenters. The first-order valence-corrected chi connectivity index (χ1v) is 9.88. The van der Waals surface area contributed by atoms with E-state index in [1.54, 1.807) is 47.4 Å². The lowest BCUT2D eigenvalue weighted by Gasteiger charge is -2.30. The van der Waals surface area contributed by atoms with Gasteiger partial charge in [-0.25, -0.2) is 9.07 Å². The van der Waals surface area contributed by atoms with Crippen LogP contribution < -0.4 is 5.73 Å². The topological polar surface area (TPSA) is 87.9 Å². The van der Waals surface area contributed by atoms with Crippen molar-refractivity contribution >= 4 is 5.91 Å². The normalized spacial score (nSPS) is 16.3. The third-order valence-corrected chi connectivity index (χ3v) is 5.31. The van der Waals surface area contributed by atoms with Crippen LogP contribution in [0.2, 0.25) is 0 Å². The maximum atomic E-state index is 14.8. The van der Waals surface area contributed by atoms with Gasteiger partial charge in [0.1, 0.15) is 11.5 Å². The molecule has 4 rings (SSSR count). The second-order valence-corrected chi connectivity index (χ2v) is 7.62. The molecule has 7 heteroatoms. The summed E-state index contributed by atoms with van der Waals surface area (Å²) in [6.45, 7) is 2.92. The lowest BCUT2D eigenvalue weighted by atomic mass is 10.1. The number of carbonyl (C=O) groups is 1. The van der Waals surface area contributed by atoms with Gasteiger partial charge in [-0.15, -0.1) is 0 Å². The lowest BCUT2D eigenvalue weighted by Crippen LogP contribution is -2.45. The van der Waals surface area contributed by atoms with Gasteiger partial charge in [-0.3, -0.25) is 4.79 Å². The summed E-state index contributed by atoms with van der Waals surface area (Å²) in [5, 5.41) is 13.5. The van der Waals surface area contributed by atoms with E-state index in [4.69, 9.17) is 11.0 Å². The zero-order valence-corrected chi connectivity index (χ0v) is 16.7. The number of likely N-dealkylation sites (tertiary alicyclic amines) is 1. The number of nitrogens with two attached hydrogens (primary N) is 1. The van der Waals surface area contributed by atoms with Crippen LogP contribution in [0.3, 0.4) is 0 Å². The molecule has 0 aliphatic carbocycles. The fourth-order valence-corrected chi connectivity index (χ4v) is 3.73. The minimum absolute atomic E-state index is 0.0441. The summed E-state index contributed by atoms with van der Waals surface area (Å²) in [4.78, 5) is 14.8. The average Bonchev–Trinajstić information content (AvgIpc) is 3.18. The largest absolute Gasteiger partial charge is 0.336 e. The van der Waals surface area contributed by atoms with E-state index < -0.39 is 5.82 Å². The molecular weight excluding hydrogens is 381 g/mol. The van der Waals surface area contributed by atoms with E-state index in [1.165, 1.54) is 10.7 Å². The van der Waals surface area contributed by atoms with Crippen LogP contribution in [0.4, 0.5) is 4.39 Å². The van der Waals surface area contributed by atoms with E-state index in [2.05, 4.69) is 11.2 Å². The van der Waals surface area contributed by atoms with Gasteiger partial charge in [0.25, 0.3) is 5.91 Å². The van der Waals surface area contributed by atoms with Gasteiger partial charge in [-0.1, -0.05) is 18.2 Å². The highest BCUT2D eigenvalue weighted by Gasteiger charge is 2.26. The fourth-order valence-electron chi connectivity index (χ4n) is 3.73. The second-order valence-electron chi connectivity index (χ2n) is 7.62. The number of hydrogen-bond acceptors (Lipinski definition) is 4. The van der Waals surface area contributed by atoms with Gasteiger partial charge in [0, 0.05) is 24.7 Å². The maximum Gasteiger partial charge on any atom is 0.274 e. The standard InChI is InChI=1S/C23H22FN5O/c1-15-4-9-21(19(24)11-15)29-22(17-7-5-16(13-25)6-8-17)12-20(27-29)23(30)28-10-2-3-18(26)14-28/h4-9,11-12,18H,2-3,10,14,26H2,1H3/t18-/m1/s1. The van der Waals surface area contributed by atoms with Crippen molar-refractivity contribution in [2.24, 2.45) is 5.73 Å². The number of benzene rings is 2. The Morgan fingerprint density at radius 1 is 1.23 bits per heavy atom. The number of piperidine rings is 1. The number of rotatable bonds is 3. The van der Waals surface area contributed by atoms with E-state index in [-0.39, 0.29) is 23.3 Å². The quantitative estimate of drug-likeness (QED) is 0.726. The maximum absolute atomic E-state index is 14.8. The highest BCUT2D eigenvalue weighted by Crippen LogP contribution is 2.27. The van der Waals surface area contributed by atoms with E-state index in [1.807, 2.05) is 6.92 Å². The molecule has 0 radical (unpaired) electrons. The monoisotopic (exact) mass is 403 g/mol. The molecule has 1 aliphatic rings. The smallest absolute Gasteiger partial charge is 0.274 e. The third-order valence-electron chi connectivity index (χ3n) is 5.31. The molecule has 2 aromatic carbocycles. The second kappa shape index (κ2) is 8.09. The molecule has 0 spiro atoms. The zero-order chi connectivity index (χ0) is 21.3. The van der Waals surface area contributed by atoms with Crippen molar-refractivity contribution in [3.8, 4) is 23.0 Å². The number of aryl methyl sites for hydroxylation is 1. The molecular formula is C23H22FN5O. The SMILES string of the molecule is Cc1ccc(-n2nc(C(=O)N3CCC[C@@H](N)C3)cc2-c2ccc(C#N)cc2)c(F)c1. The zero-order valence-electron chi connectivity index (χ0n) is 16.7. The van der Waals surface area contributed by atoms with Gasteiger partial charge in [0.15, 0.2) is 5.69 Å². The van der Waals surface area contributed by atoms with Crippen molar-refractivity contribution < 1.29 is 9.18 Å². The summed E-state index contributed by atoms with van der Waals surface area (Å²) in [7, 11) is 0. The number of carbonyl (C=O) groups excluding carboxylic acids is 1. The third kappa shape index (κ3) is 3.82. The Morgan fingerprint density at radius 3 is 2.67 bits per heavy atom. The first-order chi connectivity index (χ1) is 14.5. The molecule has 1 aromatic heterocycles. The van der Waals surface area contributed by atoms with Crippen molar-refractivity contribution in [1.82, 2.24) is 14.7 Å². The van der Waals surface area contributed by atoms with E-state index in [9.17, 15) is 9.18 Å². The van der Waals surface area contributed by atoms with Crippen molar-refractivity contribution in [3.63, 3.8) is 0 Å². The predicted octanol–water partition coefficient (Wildman–Crippen LogP) is 3.42. The Kier molecular flexibility index (Phi) is 5.34. The minimum atomic E-state index is -0.424. The summed E-state index contributed by atoms with van der Waals surface area (Å²) >= 11 is 0. The highest BCUT2D eigenvalue weighted by atomic mass is 19.1. The molecule has 0 bridgehead atoms. The summed E-state index contributed by atoms with van der Waals surface area (Å²) in [6, 6.07) is 15.5. The molecule has 6 nitrogen and oxygen atoms in total. The molecule has 1 fully saturated rings. The number of hydrogen-bond donors (Lipinski definition) is 1. The van der Waals surface area contributed by atoms with E-state index >= 15 is 0 Å². The Labute approximate surface area is 174 Å². The average molecular weight is 403 g/mol. The Morgan fingerprint density at radius 2 is 2.00 bits per heavy atom. The van der Waals surface area contributed by atoms with Crippen LogP contribution >= 0.6 is 0 Å². The summed E-state index contributed by atoms with van der Waals surface area (Å²) in [6.07, 6.45) is 1.74. The number of amides is 1. The highest BCUT2D eigenvalue weighted by molar-refractivity contribution is 5.93. The number of halogens is 1. The first-order valence-electron chi connectivity index (χ1n) is 9.88. The van der Waals surface area contributed by atoms with Gasteiger partial charge in [0.2, 0.25) is 0 Å². The predicted molar refractivity (Wildman–Crippen MR) is 112 cm³/mol. The fraction of sp³-hybridized carbons (Fsp3) is 0.261. The molecule has 1 saturated heterocycles. The lowest BCUT2D eigenvalue weighted by molar-refractivity contribution is 0.0702. The summed E-state index contributed by atoms with van der Waals surface area (Å²) < 4.78 is 16.2. The van der Waals surface area contributed by atoms with Gasteiger partial charge in [-0.2, -0.15) is 10.4 Å². The van der Waals surface area contributed by atoms with Crippen LogP contribution in [0.15, 0.2) is 48.5 Å². The van der Waals surface area contributed by atoms with E-state index in [0.29, 0.717) is 24.3 Å². The first kappa shape index (κ1) is 19.8. The van der Waals surface area contributed by atoms with Crippen molar-refractivity contribution in [2.45, 2.75) is 25.8 Å². The number of nitrogens with zero attached hydrogens (tertiary/aromatic N) is 4. The molecule has 2 heterocycles. The van der Waals surface area contributed by atoms with Crippen molar-refractivity contribution in [2.75, 3.05) is 13.1 Å². The van der Waals surface area contributed by atoms with Crippen LogP contribution in [0.25, 0.3) is 16.9 Å².